The molecule has 20 heavy (non-hydrogen) atoms. The zero-order valence-corrected chi connectivity index (χ0v) is 12.3. The fourth-order valence-corrected chi connectivity index (χ4v) is 3.29. The fraction of sp³-hybridized carbons (Fsp3) is 0.588. The van der Waals surface area contributed by atoms with Gasteiger partial charge in [-0.1, -0.05) is 32.8 Å². The normalized spacial score (nSPS) is 22.8. The molecule has 1 aromatic carbocycles. The number of phenols is 1. The van der Waals surface area contributed by atoms with Crippen LogP contribution in [0, 0.1) is 17.8 Å². The predicted molar refractivity (Wildman–Crippen MR) is 79.3 cm³/mol. The average molecular weight is 276 g/mol. The van der Waals surface area contributed by atoms with E-state index in [4.69, 9.17) is 4.74 Å². The van der Waals surface area contributed by atoms with Gasteiger partial charge in [-0.25, -0.2) is 0 Å². The van der Waals surface area contributed by atoms with E-state index in [1.807, 2.05) is 0 Å². The van der Waals surface area contributed by atoms with Crippen LogP contribution in [0.5, 0.6) is 11.5 Å². The molecule has 0 bridgehead atoms. The van der Waals surface area contributed by atoms with E-state index < -0.39 is 0 Å². The predicted octanol–water partition coefficient (Wildman–Crippen LogP) is 4.05. The summed E-state index contributed by atoms with van der Waals surface area (Å²) in [6.45, 7) is 5.18. The molecule has 0 amide bonds. The number of hydrogen-bond acceptors (Lipinski definition) is 3. The number of benzene rings is 1. The molecular weight excluding hydrogens is 252 g/mol. The Labute approximate surface area is 121 Å². The van der Waals surface area contributed by atoms with Gasteiger partial charge in [-0.3, -0.25) is 4.79 Å². The highest BCUT2D eigenvalue weighted by molar-refractivity contribution is 5.83. The second-order valence-electron chi connectivity index (χ2n) is 6.07. The van der Waals surface area contributed by atoms with Crippen LogP contribution in [-0.2, 0) is 0 Å². The highest BCUT2D eigenvalue weighted by atomic mass is 16.5. The summed E-state index contributed by atoms with van der Waals surface area (Å²) in [5.41, 5.74) is 0.254. The summed E-state index contributed by atoms with van der Waals surface area (Å²) in [4.78, 5) is 11.0. The van der Waals surface area contributed by atoms with Crippen molar-refractivity contribution in [3.63, 3.8) is 0 Å². The van der Waals surface area contributed by atoms with E-state index in [0.29, 0.717) is 36.4 Å². The molecule has 3 nitrogen and oxygen atoms in total. The van der Waals surface area contributed by atoms with Gasteiger partial charge in [0, 0.05) is 0 Å². The molecule has 1 aromatic rings. The molecule has 1 fully saturated rings. The number of phenolic OH excluding ortho intramolecular Hbond substituents is 1. The zero-order valence-electron chi connectivity index (χ0n) is 12.3. The number of aldehydes is 1. The summed E-state index contributed by atoms with van der Waals surface area (Å²) in [5, 5.41) is 9.66. The molecule has 0 heterocycles. The number of hydrogen-bond donors (Lipinski definition) is 1. The first-order chi connectivity index (χ1) is 9.63. The maximum Gasteiger partial charge on any atom is 0.157 e. The molecule has 0 spiro atoms. The number of carbonyl (C=O) groups is 1. The third-order valence-electron chi connectivity index (χ3n) is 4.44. The number of aromatic hydroxyl groups is 1. The van der Waals surface area contributed by atoms with Crippen molar-refractivity contribution in [2.24, 2.45) is 17.8 Å². The van der Waals surface area contributed by atoms with Crippen LogP contribution in [0.4, 0.5) is 0 Å². The van der Waals surface area contributed by atoms with Crippen molar-refractivity contribution in [1.29, 1.82) is 0 Å². The van der Waals surface area contributed by atoms with Crippen LogP contribution in [-0.4, -0.2) is 18.0 Å². The first-order valence-electron chi connectivity index (χ1n) is 7.53. The molecule has 0 saturated heterocycles. The third kappa shape index (κ3) is 3.33. The summed E-state index contributed by atoms with van der Waals surface area (Å²) in [6.07, 6.45) is 5.69. The van der Waals surface area contributed by atoms with Gasteiger partial charge in [0.25, 0.3) is 0 Å². The second-order valence-corrected chi connectivity index (χ2v) is 6.07. The number of carbonyl (C=O) groups excluding carboxylic acids is 1. The lowest BCUT2D eigenvalue weighted by molar-refractivity contribution is 0.108. The quantitative estimate of drug-likeness (QED) is 0.825. The van der Waals surface area contributed by atoms with E-state index >= 15 is 0 Å². The van der Waals surface area contributed by atoms with Gasteiger partial charge in [0.15, 0.2) is 6.29 Å². The van der Waals surface area contributed by atoms with Gasteiger partial charge in [0.2, 0.25) is 0 Å². The zero-order chi connectivity index (χ0) is 14.5. The van der Waals surface area contributed by atoms with E-state index in [1.54, 1.807) is 12.1 Å². The minimum atomic E-state index is -0.0125. The Kier molecular flexibility index (Phi) is 5.05. The van der Waals surface area contributed by atoms with Gasteiger partial charge in [0.1, 0.15) is 11.5 Å². The topological polar surface area (TPSA) is 46.5 Å². The monoisotopic (exact) mass is 276 g/mol. The summed E-state index contributed by atoms with van der Waals surface area (Å²) in [5.74, 6) is 2.39. The van der Waals surface area contributed by atoms with Gasteiger partial charge in [-0.05, 0) is 42.7 Å². The van der Waals surface area contributed by atoms with Gasteiger partial charge in [0.05, 0.1) is 12.2 Å². The summed E-state index contributed by atoms with van der Waals surface area (Å²) in [6, 6.07) is 4.96. The Hall–Kier alpha value is -1.51. The van der Waals surface area contributed by atoms with Gasteiger partial charge in [-0.2, -0.15) is 0 Å². The Balaban J connectivity index is 2.04. The van der Waals surface area contributed by atoms with Crippen molar-refractivity contribution < 1.29 is 14.6 Å². The highest BCUT2D eigenvalue weighted by Crippen LogP contribution is 2.36. The van der Waals surface area contributed by atoms with E-state index in [1.165, 1.54) is 31.7 Å². The van der Waals surface area contributed by atoms with E-state index in [-0.39, 0.29) is 11.3 Å². The van der Waals surface area contributed by atoms with Gasteiger partial charge >= 0.3 is 0 Å². The molecule has 3 heteroatoms. The molecule has 2 atom stereocenters. The van der Waals surface area contributed by atoms with Crippen molar-refractivity contribution >= 4 is 6.29 Å². The molecule has 1 N–H and O–H groups in total. The van der Waals surface area contributed by atoms with Crippen LogP contribution < -0.4 is 4.74 Å². The maximum atomic E-state index is 11.0. The summed E-state index contributed by atoms with van der Waals surface area (Å²) >= 11 is 0. The van der Waals surface area contributed by atoms with E-state index in [2.05, 4.69) is 13.8 Å². The molecule has 0 radical (unpaired) electrons. The lowest BCUT2D eigenvalue weighted by Gasteiger charge is -2.34. The van der Waals surface area contributed by atoms with Gasteiger partial charge in [-0.15, -0.1) is 0 Å². The third-order valence-corrected chi connectivity index (χ3v) is 4.44. The molecule has 2 rings (SSSR count). The standard InChI is InChI=1S/C17H24O3/c1-12(2)14-7-4-3-6-13(14)11-20-17-9-5-8-16(19)15(17)10-18/h5,8-10,12-14,19H,3-4,6-7,11H2,1-2H3. The van der Waals surface area contributed by atoms with Crippen LogP contribution in [0.15, 0.2) is 18.2 Å². The Bertz CT molecular complexity index is 454. The first kappa shape index (κ1) is 14.9. The van der Waals surface area contributed by atoms with Crippen molar-refractivity contribution in [2.45, 2.75) is 39.5 Å². The van der Waals surface area contributed by atoms with Crippen molar-refractivity contribution in [1.82, 2.24) is 0 Å². The molecule has 0 aromatic heterocycles. The van der Waals surface area contributed by atoms with Crippen LogP contribution in [0.2, 0.25) is 0 Å². The van der Waals surface area contributed by atoms with E-state index in [0.717, 1.165) is 0 Å². The average Bonchev–Trinajstić information content (AvgIpc) is 2.45. The van der Waals surface area contributed by atoms with Crippen LogP contribution in [0.3, 0.4) is 0 Å². The minimum Gasteiger partial charge on any atom is -0.507 e. The summed E-state index contributed by atoms with van der Waals surface area (Å²) < 4.78 is 5.84. The molecule has 110 valence electrons. The molecule has 1 aliphatic carbocycles. The second kappa shape index (κ2) is 6.78. The summed E-state index contributed by atoms with van der Waals surface area (Å²) in [7, 11) is 0. The van der Waals surface area contributed by atoms with E-state index in [9.17, 15) is 9.90 Å². The number of rotatable bonds is 5. The Morgan fingerprint density at radius 1 is 1.35 bits per heavy atom. The maximum absolute atomic E-state index is 11.0. The fourth-order valence-electron chi connectivity index (χ4n) is 3.29. The van der Waals surface area contributed by atoms with Crippen molar-refractivity contribution in [2.75, 3.05) is 6.61 Å². The van der Waals surface area contributed by atoms with Crippen LogP contribution in [0.25, 0.3) is 0 Å². The smallest absolute Gasteiger partial charge is 0.157 e. The SMILES string of the molecule is CC(C)C1CCCCC1COc1cccc(O)c1C=O. The molecule has 2 unspecified atom stereocenters. The lowest BCUT2D eigenvalue weighted by atomic mass is 9.74. The largest absolute Gasteiger partial charge is 0.507 e. The Morgan fingerprint density at radius 3 is 2.80 bits per heavy atom. The van der Waals surface area contributed by atoms with Crippen molar-refractivity contribution in [3.05, 3.63) is 23.8 Å². The van der Waals surface area contributed by atoms with Crippen LogP contribution in [0.1, 0.15) is 49.9 Å². The highest BCUT2D eigenvalue weighted by Gasteiger charge is 2.28. The molecule has 1 saturated carbocycles. The molecule has 0 aliphatic heterocycles. The van der Waals surface area contributed by atoms with Gasteiger partial charge < -0.3 is 9.84 Å². The lowest BCUT2D eigenvalue weighted by Crippen LogP contribution is -2.29. The molecule has 1 aliphatic rings. The van der Waals surface area contributed by atoms with Crippen molar-refractivity contribution in [3.8, 4) is 11.5 Å². The molecular formula is C17H24O3. The minimum absolute atomic E-state index is 0.0125. The Morgan fingerprint density at radius 2 is 2.10 bits per heavy atom. The first-order valence-corrected chi connectivity index (χ1v) is 7.53. The van der Waals surface area contributed by atoms with Crippen LogP contribution >= 0.6 is 0 Å². The number of ether oxygens (including phenoxy) is 1.